The van der Waals surface area contributed by atoms with Crippen LogP contribution in [0.15, 0.2) is 54.9 Å². The molecule has 0 saturated carbocycles. The summed E-state index contributed by atoms with van der Waals surface area (Å²) in [7, 11) is 0. The molecule has 1 aromatic carbocycles. The number of aromatic nitrogens is 1. The maximum absolute atomic E-state index is 5.60. The van der Waals surface area contributed by atoms with Crippen molar-refractivity contribution >= 4 is 5.69 Å². The molecule has 0 amide bonds. The van der Waals surface area contributed by atoms with Crippen molar-refractivity contribution in [2.75, 3.05) is 5.73 Å². The van der Waals surface area contributed by atoms with E-state index in [2.05, 4.69) is 0 Å². The predicted octanol–water partition coefficient (Wildman–Crippen LogP) is -1.45. The van der Waals surface area contributed by atoms with Crippen LogP contribution in [0.3, 0.4) is 0 Å². The van der Waals surface area contributed by atoms with Crippen LogP contribution < -0.4 is 22.7 Å². The number of hydrogen-bond acceptors (Lipinski definition) is 1. The van der Waals surface area contributed by atoms with E-state index in [-0.39, 0.29) is 12.4 Å². The molecule has 0 aliphatic heterocycles. The zero-order valence-corrected chi connectivity index (χ0v) is 8.35. The first-order chi connectivity index (χ1) is 6.36. The van der Waals surface area contributed by atoms with Crippen molar-refractivity contribution in [1.29, 1.82) is 0 Å². The van der Waals surface area contributed by atoms with E-state index in [0.29, 0.717) is 0 Å². The summed E-state index contributed by atoms with van der Waals surface area (Å²) >= 11 is 0. The number of benzene rings is 1. The lowest BCUT2D eigenvalue weighted by atomic mass is 10.3. The third kappa shape index (κ3) is 2.24. The molecule has 14 heavy (non-hydrogen) atoms. The molecule has 1 aromatic heterocycles. The maximum Gasteiger partial charge on any atom is 0.210 e. The zero-order chi connectivity index (χ0) is 9.10. The van der Waals surface area contributed by atoms with Gasteiger partial charge in [0.2, 0.25) is 5.69 Å². The Kier molecular flexibility index (Phi) is 3.48. The highest BCUT2D eigenvalue weighted by molar-refractivity contribution is 5.41. The first-order valence-corrected chi connectivity index (χ1v) is 4.18. The summed E-state index contributed by atoms with van der Waals surface area (Å²) in [4.78, 5) is 0. The Labute approximate surface area is 89.4 Å². The van der Waals surface area contributed by atoms with Gasteiger partial charge in [-0.1, -0.05) is 6.07 Å². The molecule has 2 aromatic rings. The minimum atomic E-state index is 0. The predicted molar refractivity (Wildman–Crippen MR) is 52.4 cm³/mol. The van der Waals surface area contributed by atoms with Crippen LogP contribution in [0.5, 0.6) is 0 Å². The standard InChI is InChI=1S/C11H11N2.ClH/c12-10-4-6-11(7-5-10)13-8-2-1-3-9-13;/h1-9H,12H2;1H/q+1;/p-1. The molecule has 0 unspecified atom stereocenters. The summed E-state index contributed by atoms with van der Waals surface area (Å²) in [5, 5.41) is 0. The lowest BCUT2D eigenvalue weighted by molar-refractivity contribution is -0.595. The lowest BCUT2D eigenvalue weighted by Crippen LogP contribution is -3.00. The summed E-state index contributed by atoms with van der Waals surface area (Å²) in [6, 6.07) is 13.8. The number of anilines is 1. The Balaban J connectivity index is 0.000000980. The van der Waals surface area contributed by atoms with Crippen molar-refractivity contribution < 1.29 is 17.0 Å². The smallest absolute Gasteiger partial charge is 0.210 e. The number of nitrogens with zero attached hydrogens (tertiary/aromatic N) is 1. The number of nitrogen functional groups attached to an aromatic ring is 1. The van der Waals surface area contributed by atoms with Crippen LogP contribution in [-0.2, 0) is 0 Å². The number of hydrogen-bond donors (Lipinski definition) is 1. The maximum atomic E-state index is 5.60. The fraction of sp³-hybridized carbons (Fsp3) is 0. The molecule has 1 heterocycles. The molecule has 2 N–H and O–H groups in total. The number of rotatable bonds is 1. The summed E-state index contributed by atoms with van der Waals surface area (Å²) < 4.78 is 2.04. The van der Waals surface area contributed by atoms with Crippen LogP contribution in [0.1, 0.15) is 0 Å². The Morgan fingerprint density at radius 1 is 0.857 bits per heavy atom. The largest absolute Gasteiger partial charge is 1.00 e. The third-order valence-electron chi connectivity index (χ3n) is 1.91. The molecular formula is C11H11ClN2. The van der Waals surface area contributed by atoms with Gasteiger partial charge in [0.15, 0.2) is 12.4 Å². The van der Waals surface area contributed by atoms with E-state index in [9.17, 15) is 0 Å². The first-order valence-electron chi connectivity index (χ1n) is 4.18. The quantitative estimate of drug-likeness (QED) is 0.449. The van der Waals surface area contributed by atoms with E-state index in [1.165, 1.54) is 0 Å². The van der Waals surface area contributed by atoms with Gasteiger partial charge in [-0.3, -0.25) is 0 Å². The highest BCUT2D eigenvalue weighted by atomic mass is 35.5. The average molecular weight is 207 g/mol. The van der Waals surface area contributed by atoms with Gasteiger partial charge in [0.25, 0.3) is 0 Å². The van der Waals surface area contributed by atoms with E-state index in [1.807, 2.05) is 59.4 Å². The second-order valence-corrected chi connectivity index (χ2v) is 2.87. The summed E-state index contributed by atoms with van der Waals surface area (Å²) in [6.07, 6.45) is 4.01. The van der Waals surface area contributed by atoms with E-state index < -0.39 is 0 Å². The Morgan fingerprint density at radius 2 is 1.43 bits per heavy atom. The summed E-state index contributed by atoms with van der Waals surface area (Å²) in [5.41, 5.74) is 7.51. The Morgan fingerprint density at radius 3 is 2.00 bits per heavy atom. The highest BCUT2D eigenvalue weighted by Crippen LogP contribution is 2.04. The molecule has 2 rings (SSSR count). The van der Waals surface area contributed by atoms with Crippen molar-refractivity contribution in [1.82, 2.24) is 0 Å². The number of pyridine rings is 1. The van der Waals surface area contributed by atoms with Crippen LogP contribution in [0.4, 0.5) is 5.69 Å². The normalized spacial score (nSPS) is 9.14. The SMILES string of the molecule is Nc1ccc(-[n+]2ccccc2)cc1.[Cl-]. The van der Waals surface area contributed by atoms with Gasteiger partial charge in [0.1, 0.15) is 0 Å². The Hall–Kier alpha value is -1.54. The third-order valence-corrected chi connectivity index (χ3v) is 1.91. The molecule has 0 bridgehead atoms. The van der Waals surface area contributed by atoms with E-state index in [4.69, 9.17) is 5.73 Å². The molecular weight excluding hydrogens is 196 g/mol. The summed E-state index contributed by atoms with van der Waals surface area (Å²) in [6.45, 7) is 0. The lowest BCUT2D eigenvalue weighted by Gasteiger charge is -1.94. The second-order valence-electron chi connectivity index (χ2n) is 2.87. The van der Waals surface area contributed by atoms with Crippen LogP contribution in [0, 0.1) is 0 Å². The molecule has 0 saturated heterocycles. The van der Waals surface area contributed by atoms with E-state index >= 15 is 0 Å². The molecule has 0 aliphatic carbocycles. The topological polar surface area (TPSA) is 29.9 Å². The molecule has 0 spiro atoms. The second kappa shape index (κ2) is 4.63. The van der Waals surface area contributed by atoms with E-state index in [0.717, 1.165) is 11.4 Å². The minimum absolute atomic E-state index is 0. The molecule has 0 aliphatic rings. The van der Waals surface area contributed by atoms with Gasteiger partial charge in [-0.15, -0.1) is 0 Å². The minimum Gasteiger partial charge on any atom is -1.00 e. The van der Waals surface area contributed by atoms with Crippen molar-refractivity contribution in [3.63, 3.8) is 0 Å². The molecule has 0 fully saturated rings. The highest BCUT2D eigenvalue weighted by Gasteiger charge is 2.01. The fourth-order valence-electron chi connectivity index (χ4n) is 1.22. The van der Waals surface area contributed by atoms with Gasteiger partial charge in [0.05, 0.1) is 0 Å². The average Bonchev–Trinajstić information content (AvgIpc) is 2.20. The summed E-state index contributed by atoms with van der Waals surface area (Å²) in [5.74, 6) is 0. The number of nitrogens with two attached hydrogens (primary N) is 1. The van der Waals surface area contributed by atoms with Crippen LogP contribution in [-0.4, -0.2) is 0 Å². The zero-order valence-electron chi connectivity index (χ0n) is 7.60. The van der Waals surface area contributed by atoms with Gasteiger partial charge in [0, 0.05) is 30.0 Å². The monoisotopic (exact) mass is 206 g/mol. The van der Waals surface area contributed by atoms with Crippen molar-refractivity contribution in [3.8, 4) is 5.69 Å². The van der Waals surface area contributed by atoms with Gasteiger partial charge < -0.3 is 18.1 Å². The van der Waals surface area contributed by atoms with E-state index in [1.54, 1.807) is 0 Å². The Bertz CT molecular complexity index is 384. The first kappa shape index (κ1) is 10.5. The number of halogens is 1. The van der Waals surface area contributed by atoms with Crippen LogP contribution >= 0.6 is 0 Å². The van der Waals surface area contributed by atoms with Gasteiger partial charge >= 0.3 is 0 Å². The molecule has 0 atom stereocenters. The van der Waals surface area contributed by atoms with Crippen molar-refractivity contribution in [3.05, 3.63) is 54.9 Å². The van der Waals surface area contributed by atoms with Crippen molar-refractivity contribution in [2.45, 2.75) is 0 Å². The molecule has 72 valence electrons. The van der Waals surface area contributed by atoms with Crippen molar-refractivity contribution in [2.24, 2.45) is 0 Å². The van der Waals surface area contributed by atoms with Crippen LogP contribution in [0.2, 0.25) is 0 Å². The molecule has 2 nitrogen and oxygen atoms in total. The molecule has 3 heteroatoms. The van der Waals surface area contributed by atoms with Gasteiger partial charge in [-0.05, 0) is 12.1 Å². The fourth-order valence-corrected chi connectivity index (χ4v) is 1.22. The van der Waals surface area contributed by atoms with Gasteiger partial charge in [-0.25, -0.2) is 0 Å². The van der Waals surface area contributed by atoms with Crippen LogP contribution in [0.25, 0.3) is 5.69 Å². The van der Waals surface area contributed by atoms with Gasteiger partial charge in [-0.2, -0.15) is 4.57 Å². The molecule has 0 radical (unpaired) electrons.